The van der Waals surface area contributed by atoms with E-state index in [1.165, 1.54) is 26.0 Å². The van der Waals surface area contributed by atoms with Gasteiger partial charge in [0.2, 0.25) is 0 Å². The molecule has 0 bridgehead atoms. The number of hydrogen-bond acceptors (Lipinski definition) is 12. The number of benzene rings is 4. The quantitative estimate of drug-likeness (QED) is 0.124. The predicted molar refractivity (Wildman–Crippen MR) is 188 cm³/mol. The van der Waals surface area contributed by atoms with Crippen molar-refractivity contribution in [3.05, 3.63) is 118 Å². The van der Waals surface area contributed by atoms with Crippen LogP contribution in [0.2, 0.25) is 0 Å². The van der Waals surface area contributed by atoms with Gasteiger partial charge < -0.3 is 33.6 Å². The Hall–Kier alpha value is -5.40. The Morgan fingerprint density at radius 2 is 1.19 bits per heavy atom. The van der Waals surface area contributed by atoms with Crippen LogP contribution in [0.3, 0.4) is 0 Å². The number of fused-ring (bicyclic) bond motifs is 3. The van der Waals surface area contributed by atoms with Crippen LogP contribution in [-0.2, 0) is 34.9 Å². The number of ketones is 2. The summed E-state index contributed by atoms with van der Waals surface area (Å²) in [6, 6.07) is 22.8. The predicted octanol–water partition coefficient (Wildman–Crippen LogP) is 2.80. The van der Waals surface area contributed by atoms with Gasteiger partial charge in [-0.2, -0.15) is 0 Å². The van der Waals surface area contributed by atoms with Crippen LogP contribution < -0.4 is 20.4 Å². The van der Waals surface area contributed by atoms with Crippen LogP contribution in [0.15, 0.2) is 84.9 Å². The summed E-state index contributed by atoms with van der Waals surface area (Å²) < 4.78 is 30.0. The van der Waals surface area contributed by atoms with Crippen LogP contribution in [0, 0.1) is 0 Å². The van der Waals surface area contributed by atoms with Gasteiger partial charge in [-0.3, -0.25) is 24.0 Å². The first kappa shape index (κ1) is 36.4. The molecule has 0 aromatic heterocycles. The summed E-state index contributed by atoms with van der Waals surface area (Å²) in [5, 5.41) is 22.9. The lowest BCUT2D eigenvalue weighted by Gasteiger charge is -2.47. The van der Waals surface area contributed by atoms with Crippen molar-refractivity contribution in [2.75, 3.05) is 0 Å². The number of carbonyl (C=O) groups excluding carboxylic acids is 5. The van der Waals surface area contributed by atoms with Crippen molar-refractivity contribution in [1.29, 1.82) is 0 Å². The minimum atomic E-state index is -1.72. The van der Waals surface area contributed by atoms with Crippen molar-refractivity contribution in [2.24, 2.45) is 0 Å². The first-order valence-electron chi connectivity index (χ1n) is 16.6. The Kier molecular flexibility index (Phi) is 10.3. The summed E-state index contributed by atoms with van der Waals surface area (Å²) in [7, 11) is -3.22. The molecule has 12 nitrogen and oxygen atoms in total. The second-order valence-corrected chi connectivity index (χ2v) is 12.7. The molecule has 2 aliphatic rings. The maximum atomic E-state index is 14.3. The lowest BCUT2D eigenvalue weighted by Crippen LogP contribution is -2.56. The van der Waals surface area contributed by atoms with E-state index in [1.807, 2.05) is 0 Å². The van der Waals surface area contributed by atoms with Crippen molar-refractivity contribution in [3.63, 3.8) is 0 Å². The van der Waals surface area contributed by atoms with Gasteiger partial charge in [-0.25, -0.2) is 0 Å². The van der Waals surface area contributed by atoms with Crippen LogP contribution >= 0.6 is 0 Å². The Balaban J connectivity index is 1.67. The molecule has 0 heterocycles. The molecule has 2 aliphatic carbocycles. The number of esters is 3. The largest absolute Gasteiger partial charge is 0.491 e. The summed E-state index contributed by atoms with van der Waals surface area (Å²) in [5.41, 5.74) is -1.58. The van der Waals surface area contributed by atoms with Gasteiger partial charge in [0.05, 0.1) is 22.8 Å². The molecule has 1 unspecified atom stereocenters. The van der Waals surface area contributed by atoms with E-state index in [4.69, 9.17) is 23.5 Å². The van der Waals surface area contributed by atoms with Gasteiger partial charge in [0.15, 0.2) is 11.6 Å². The van der Waals surface area contributed by atoms with Crippen molar-refractivity contribution in [3.8, 4) is 11.5 Å². The summed E-state index contributed by atoms with van der Waals surface area (Å²) in [6.45, 7) is 4.97. The topological polar surface area (TPSA) is 172 Å². The molecule has 4 aromatic carbocycles. The molecule has 52 heavy (non-hydrogen) atoms. The van der Waals surface area contributed by atoms with Gasteiger partial charge in [0.25, 0.3) is 0 Å². The van der Waals surface area contributed by atoms with Crippen molar-refractivity contribution in [2.45, 2.75) is 58.3 Å². The molecule has 0 aliphatic heterocycles. The lowest BCUT2D eigenvalue weighted by molar-refractivity contribution is -0.163. The molecule has 0 spiro atoms. The third-order valence-electron chi connectivity index (χ3n) is 9.13. The fourth-order valence-electron chi connectivity index (χ4n) is 6.89. The van der Waals surface area contributed by atoms with Gasteiger partial charge in [0, 0.05) is 55.9 Å². The van der Waals surface area contributed by atoms with E-state index >= 15 is 0 Å². The zero-order valence-electron chi connectivity index (χ0n) is 28.8. The van der Waals surface area contributed by atoms with Crippen molar-refractivity contribution in [1.82, 2.24) is 0 Å². The number of ether oxygens (including phenoxy) is 3. The average Bonchev–Trinajstić information content (AvgIpc) is 3.11. The minimum Gasteiger partial charge on any atom is -0.460 e. The number of rotatable bonds is 10. The highest BCUT2D eigenvalue weighted by molar-refractivity contribution is 6.60. The Morgan fingerprint density at radius 3 is 1.71 bits per heavy atom. The monoisotopic (exact) mass is 704 g/mol. The highest BCUT2D eigenvalue weighted by atomic mass is 16.6. The van der Waals surface area contributed by atoms with E-state index in [0.29, 0.717) is 10.9 Å². The van der Waals surface area contributed by atoms with E-state index in [9.17, 15) is 34.0 Å². The molecule has 0 radical (unpaired) electrons. The van der Waals surface area contributed by atoms with Crippen LogP contribution in [-0.4, -0.2) is 65.5 Å². The zero-order valence-corrected chi connectivity index (χ0v) is 28.8. The molecule has 3 atom stereocenters. The molecular weight excluding hydrogens is 670 g/mol. The van der Waals surface area contributed by atoms with Crippen LogP contribution in [0.1, 0.15) is 83.2 Å². The summed E-state index contributed by atoms with van der Waals surface area (Å²) in [4.78, 5) is 66.7. The third-order valence-corrected chi connectivity index (χ3v) is 9.13. The molecule has 6 rings (SSSR count). The first-order valence-corrected chi connectivity index (χ1v) is 16.6. The SMILES string of the molecule is CC(=O)Oc1c2c(c(OC(C)=O)c3c1C(=O)c1ccccc1C3=O)[C@@H](OB(O)c1ccccc1)C[C@](OB(O)c1ccccc1)(C(C)OC(C)=O)C2. The van der Waals surface area contributed by atoms with Gasteiger partial charge >= 0.3 is 32.1 Å². The minimum absolute atomic E-state index is 0.0177. The fourth-order valence-corrected chi connectivity index (χ4v) is 6.89. The maximum absolute atomic E-state index is 14.3. The van der Waals surface area contributed by atoms with E-state index in [-0.39, 0.29) is 57.7 Å². The van der Waals surface area contributed by atoms with Gasteiger partial charge in [-0.15, -0.1) is 0 Å². The van der Waals surface area contributed by atoms with Crippen molar-refractivity contribution >= 4 is 54.6 Å². The standard InChI is InChI=1S/C38H34B2O12/c1-21(48-22(2)41)38(52-40(47)26-15-9-6-10-16-26)19-29-31(30(20-38)51-39(46)25-13-7-5-8-14-25)37(50-24(4)43)33-32(36(29)49-23(3)42)34(44)27-17-11-12-18-28(27)35(33)45/h5-18,21,30,46-47H,19-20H2,1-4H3/t21?,30-,38-/m0/s1. The molecular formula is C38H34B2O12. The van der Waals surface area contributed by atoms with E-state index < -0.39 is 61.5 Å². The summed E-state index contributed by atoms with van der Waals surface area (Å²) in [6.07, 6.45) is -3.11. The highest BCUT2D eigenvalue weighted by Gasteiger charge is 2.53. The fraction of sp³-hybridized carbons (Fsp3) is 0.237. The Morgan fingerprint density at radius 1 is 0.712 bits per heavy atom. The molecule has 0 saturated heterocycles. The Bertz CT molecular complexity index is 2070. The number of carbonyl (C=O) groups is 5. The van der Waals surface area contributed by atoms with Crippen molar-refractivity contribution < 1.29 is 57.5 Å². The normalized spacial score (nSPS) is 17.9. The van der Waals surface area contributed by atoms with Gasteiger partial charge in [-0.1, -0.05) is 84.9 Å². The highest BCUT2D eigenvalue weighted by Crippen LogP contribution is 2.54. The molecule has 0 fully saturated rings. The maximum Gasteiger partial charge on any atom is 0.491 e. The summed E-state index contributed by atoms with van der Waals surface area (Å²) in [5.74, 6) is -4.40. The smallest absolute Gasteiger partial charge is 0.460 e. The Labute approximate surface area is 299 Å². The lowest BCUT2D eigenvalue weighted by atomic mass is 9.68. The van der Waals surface area contributed by atoms with Crippen LogP contribution in [0.4, 0.5) is 0 Å². The molecule has 0 saturated carbocycles. The van der Waals surface area contributed by atoms with Gasteiger partial charge in [-0.05, 0) is 17.8 Å². The first-order chi connectivity index (χ1) is 24.8. The third kappa shape index (κ3) is 6.93. The summed E-state index contributed by atoms with van der Waals surface area (Å²) >= 11 is 0. The number of hydrogen-bond donors (Lipinski definition) is 2. The van der Waals surface area contributed by atoms with Gasteiger partial charge in [0.1, 0.15) is 17.6 Å². The molecule has 2 N–H and O–H groups in total. The van der Waals surface area contributed by atoms with E-state index in [0.717, 1.165) is 13.8 Å². The molecule has 14 heteroatoms. The second-order valence-electron chi connectivity index (χ2n) is 12.7. The van der Waals surface area contributed by atoms with E-state index in [2.05, 4.69) is 0 Å². The van der Waals surface area contributed by atoms with E-state index in [1.54, 1.807) is 72.8 Å². The van der Waals surface area contributed by atoms with Crippen LogP contribution in [0.5, 0.6) is 11.5 Å². The molecule has 264 valence electrons. The zero-order chi connectivity index (χ0) is 37.3. The second kappa shape index (κ2) is 14.7. The molecule has 0 amide bonds. The van der Waals surface area contributed by atoms with Crippen LogP contribution in [0.25, 0.3) is 0 Å². The average molecular weight is 704 g/mol. The molecule has 4 aromatic rings.